The van der Waals surface area contributed by atoms with Gasteiger partial charge >= 0.3 is 0 Å². The molecule has 27 atom stereocenters. The zero-order valence-electron chi connectivity index (χ0n) is 37.5. The van der Waals surface area contributed by atoms with E-state index >= 15 is 0 Å². The van der Waals surface area contributed by atoms with Gasteiger partial charge in [0.2, 0.25) is 0 Å². The van der Waals surface area contributed by atoms with Gasteiger partial charge in [0.25, 0.3) is 0 Å². The lowest BCUT2D eigenvalue weighted by Gasteiger charge is -2.61. The highest BCUT2D eigenvalue weighted by Gasteiger charge is 2.68. The molecule has 0 radical (unpaired) electrons. The summed E-state index contributed by atoms with van der Waals surface area (Å²) in [5.41, 5.74) is 0.0475. The summed E-state index contributed by atoms with van der Waals surface area (Å²) in [6, 6.07) is 0. The Morgan fingerprint density at radius 2 is 1.20 bits per heavy atom. The van der Waals surface area contributed by atoms with E-state index in [0.717, 1.165) is 44.9 Å². The third-order valence-corrected chi connectivity index (χ3v) is 18.0. The molecule has 12 N–H and O–H groups in total. The van der Waals surface area contributed by atoms with Crippen molar-refractivity contribution >= 4 is 0 Å². The summed E-state index contributed by atoms with van der Waals surface area (Å²) in [6.07, 6.45) is -13.7. The molecular weight excluding hydrogens is 844 g/mol. The zero-order chi connectivity index (χ0) is 46.2. The van der Waals surface area contributed by atoms with E-state index in [1.807, 2.05) is 6.92 Å². The van der Waals surface area contributed by atoms with Gasteiger partial charge in [0.05, 0.1) is 38.6 Å². The average molecular weight is 921 g/mol. The van der Waals surface area contributed by atoms with Gasteiger partial charge in [-0.25, -0.2) is 0 Å². The molecule has 0 spiro atoms. The van der Waals surface area contributed by atoms with Gasteiger partial charge in [-0.15, -0.1) is 0 Å². The molecule has 0 bridgehead atoms. The summed E-state index contributed by atoms with van der Waals surface area (Å²) in [6.45, 7) is 7.28. The average Bonchev–Trinajstić information content (AvgIpc) is 3.71. The van der Waals surface area contributed by atoms with Crippen molar-refractivity contribution in [2.75, 3.05) is 26.4 Å². The molecule has 4 aliphatic carbocycles. The maximum atomic E-state index is 12.1. The van der Waals surface area contributed by atoms with Crippen molar-refractivity contribution < 1.29 is 94.4 Å². The molecule has 0 unspecified atom stereocenters. The standard InChI is InChI=1S/C45H76O19/c1-19(18-58-40-37(55)34(52)31(49)27(15-46)60-40)7-12-45(57)20(2)30-26(64-45)14-25-23-6-5-21-13-22(8-10-43(21,3)24(23)9-11-44(25,30)4)59-42-39(36(54)33(51)29(17-48)62-42)63-41-38(56)35(53)32(50)28(16-47)61-41/h19-42,46-57H,5-18H2,1-4H3/t19-,20+,21+,22-,23-,24+,25+,26+,27+,28+,29+,30+,31+,32-,33+,34+,35-,36+,37-,38-,39-,40+,41+,42+,43-,44+,45+/m1/s1. The number of hydrogen-bond acceptors (Lipinski definition) is 19. The molecule has 0 aromatic heterocycles. The van der Waals surface area contributed by atoms with Crippen LogP contribution in [0.3, 0.4) is 0 Å². The van der Waals surface area contributed by atoms with Crippen LogP contribution in [0, 0.1) is 52.3 Å². The largest absolute Gasteiger partial charge is 0.394 e. The van der Waals surface area contributed by atoms with E-state index in [1.54, 1.807) is 0 Å². The van der Waals surface area contributed by atoms with Crippen molar-refractivity contribution in [2.45, 2.75) is 202 Å². The Morgan fingerprint density at radius 3 is 1.84 bits per heavy atom. The van der Waals surface area contributed by atoms with Crippen molar-refractivity contribution in [2.24, 2.45) is 52.3 Å². The van der Waals surface area contributed by atoms with Crippen LogP contribution in [0.2, 0.25) is 0 Å². The van der Waals surface area contributed by atoms with E-state index in [-0.39, 0.29) is 47.4 Å². The second-order valence-electron chi connectivity index (χ2n) is 21.5. The molecule has 4 saturated heterocycles. The first-order valence-corrected chi connectivity index (χ1v) is 23.9. The molecule has 4 saturated carbocycles. The number of rotatable bonds is 13. The predicted octanol–water partition coefficient (Wildman–Crippen LogP) is -1.78. The summed E-state index contributed by atoms with van der Waals surface area (Å²) < 4.78 is 42.0. The van der Waals surface area contributed by atoms with Gasteiger partial charge in [0.1, 0.15) is 73.2 Å². The minimum Gasteiger partial charge on any atom is -0.394 e. The van der Waals surface area contributed by atoms with Crippen LogP contribution in [0.1, 0.15) is 91.9 Å². The van der Waals surface area contributed by atoms with Crippen molar-refractivity contribution in [1.82, 2.24) is 0 Å². The number of aliphatic hydroxyl groups is 12. The molecule has 0 aromatic rings. The van der Waals surface area contributed by atoms with Gasteiger partial charge in [0.15, 0.2) is 24.7 Å². The van der Waals surface area contributed by atoms with Gasteiger partial charge in [-0.1, -0.05) is 27.7 Å². The first-order chi connectivity index (χ1) is 30.3. The Kier molecular flexibility index (Phi) is 14.9. The molecular formula is C45H76O19. The molecule has 4 heterocycles. The van der Waals surface area contributed by atoms with Crippen molar-refractivity contribution in [3.63, 3.8) is 0 Å². The van der Waals surface area contributed by atoms with Gasteiger partial charge < -0.3 is 94.4 Å². The Balaban J connectivity index is 0.869. The molecule has 8 rings (SSSR count). The highest BCUT2D eigenvalue weighted by Crippen LogP contribution is 2.71. The minimum atomic E-state index is -1.75. The molecule has 370 valence electrons. The fourth-order valence-corrected chi connectivity index (χ4v) is 14.2. The molecule has 8 fully saturated rings. The maximum absolute atomic E-state index is 12.1. The Bertz CT molecular complexity index is 1560. The molecule has 19 nitrogen and oxygen atoms in total. The smallest absolute Gasteiger partial charge is 0.187 e. The fourth-order valence-electron chi connectivity index (χ4n) is 14.2. The van der Waals surface area contributed by atoms with E-state index in [9.17, 15) is 61.3 Å². The normalized spacial score (nSPS) is 55.6. The van der Waals surface area contributed by atoms with Gasteiger partial charge in [-0.3, -0.25) is 0 Å². The summed E-state index contributed by atoms with van der Waals surface area (Å²) in [5, 5.41) is 125. The quantitative estimate of drug-likeness (QED) is 0.0909. The molecule has 8 aliphatic rings. The van der Waals surface area contributed by atoms with Gasteiger partial charge in [0, 0.05) is 12.3 Å². The SMILES string of the molecule is C[C@H](CC[C@]1(O)O[C@H]2C[C@H]3[C@@H]4CC[C@H]5C[C@H](O[C@H]6O[C@@H](CO)[C@H](O)[C@H](O)[C@H]6O[C@@H]6O[C@@H](CO)[C@@H](O)[C@@H](O)[C@H]6O)CC[C@@]5(C)[C@H]4CC[C@]3(C)[C@H]2[C@@H]1C)CO[C@H]1O[C@@H](CO)[C@H](O)[C@H](O)[C@H]1O. The zero-order valence-corrected chi connectivity index (χ0v) is 37.5. The maximum Gasteiger partial charge on any atom is 0.187 e. The highest BCUT2D eigenvalue weighted by molar-refractivity contribution is 5.15. The van der Waals surface area contributed by atoms with Gasteiger partial charge in [-0.05, 0) is 104 Å². The third-order valence-electron chi connectivity index (χ3n) is 18.0. The number of aliphatic hydroxyl groups excluding tert-OH is 11. The lowest BCUT2D eigenvalue weighted by Crippen LogP contribution is -2.65. The van der Waals surface area contributed by atoms with E-state index in [4.69, 9.17) is 33.2 Å². The predicted molar refractivity (Wildman–Crippen MR) is 219 cm³/mol. The molecule has 64 heavy (non-hydrogen) atoms. The van der Waals surface area contributed by atoms with Crippen LogP contribution in [-0.4, -0.2) is 198 Å². The first kappa shape index (κ1) is 49.7. The minimum absolute atomic E-state index is 0.00000712. The second kappa shape index (κ2) is 19.2. The topological polar surface area (TPSA) is 307 Å². The van der Waals surface area contributed by atoms with Gasteiger partial charge in [-0.2, -0.15) is 0 Å². The summed E-state index contributed by atoms with van der Waals surface area (Å²) >= 11 is 0. The van der Waals surface area contributed by atoms with Crippen molar-refractivity contribution in [1.29, 1.82) is 0 Å². The van der Waals surface area contributed by atoms with E-state index in [0.29, 0.717) is 42.9 Å². The molecule has 4 aliphatic heterocycles. The molecule has 0 aromatic carbocycles. The van der Waals surface area contributed by atoms with E-state index < -0.39 is 118 Å². The third kappa shape index (κ3) is 8.65. The van der Waals surface area contributed by atoms with Crippen LogP contribution in [0.25, 0.3) is 0 Å². The summed E-state index contributed by atoms with van der Waals surface area (Å²) in [5.74, 6) is 0.532. The monoisotopic (exact) mass is 920 g/mol. The number of fused-ring (bicyclic) bond motifs is 7. The van der Waals surface area contributed by atoms with Crippen LogP contribution in [0.15, 0.2) is 0 Å². The second-order valence-corrected chi connectivity index (χ2v) is 21.5. The van der Waals surface area contributed by atoms with Crippen LogP contribution >= 0.6 is 0 Å². The Hall–Kier alpha value is -0.760. The lowest BCUT2D eigenvalue weighted by molar-refractivity contribution is -0.373. The number of ether oxygens (including phenoxy) is 7. The molecule has 19 heteroatoms. The van der Waals surface area contributed by atoms with Crippen LogP contribution < -0.4 is 0 Å². The van der Waals surface area contributed by atoms with Crippen LogP contribution in [0.5, 0.6) is 0 Å². The fraction of sp³-hybridized carbons (Fsp3) is 1.00. The highest BCUT2D eigenvalue weighted by atomic mass is 16.8. The Labute approximate surface area is 374 Å². The summed E-state index contributed by atoms with van der Waals surface area (Å²) in [4.78, 5) is 0. The molecule has 0 amide bonds. The summed E-state index contributed by atoms with van der Waals surface area (Å²) in [7, 11) is 0. The number of hydrogen-bond donors (Lipinski definition) is 12. The van der Waals surface area contributed by atoms with Crippen molar-refractivity contribution in [3.8, 4) is 0 Å². The van der Waals surface area contributed by atoms with E-state index in [1.165, 1.54) is 0 Å². The van der Waals surface area contributed by atoms with Crippen LogP contribution in [0.4, 0.5) is 0 Å². The first-order valence-electron chi connectivity index (χ1n) is 23.9. The Morgan fingerprint density at radius 1 is 0.625 bits per heavy atom. The lowest BCUT2D eigenvalue weighted by atomic mass is 9.44. The van der Waals surface area contributed by atoms with E-state index in [2.05, 4.69) is 20.8 Å². The van der Waals surface area contributed by atoms with Crippen molar-refractivity contribution in [3.05, 3.63) is 0 Å². The van der Waals surface area contributed by atoms with Crippen LogP contribution in [-0.2, 0) is 33.2 Å².